The first-order valence-corrected chi connectivity index (χ1v) is 17.6. The van der Waals surface area contributed by atoms with Crippen LogP contribution in [0.1, 0.15) is 80.6 Å². The second-order valence-electron chi connectivity index (χ2n) is 14.2. The van der Waals surface area contributed by atoms with Gasteiger partial charge in [0.25, 0.3) is 0 Å². The number of primary amides is 1. The summed E-state index contributed by atoms with van der Waals surface area (Å²) in [6.07, 6.45) is -6.44. The van der Waals surface area contributed by atoms with Gasteiger partial charge in [-0.25, -0.2) is 4.79 Å². The number of hydrogen-bond acceptors (Lipinski definition) is 13. The molecule has 0 heterocycles. The number of rotatable bonds is 25. The molecule has 22 nitrogen and oxygen atoms in total. The predicted octanol–water partition coefficient (Wildman–Crippen LogP) is -4.72. The molecule has 10 atom stereocenters. The molecular weight excluding hydrogens is 732 g/mol. The van der Waals surface area contributed by atoms with E-state index in [-0.39, 0.29) is 24.7 Å². The van der Waals surface area contributed by atoms with Crippen LogP contribution in [-0.2, 0) is 43.2 Å². The number of aliphatic hydroxyl groups excluding tert-OH is 3. The minimum atomic E-state index is -1.85. The molecule has 7 amide bonds. The van der Waals surface area contributed by atoms with Crippen molar-refractivity contribution in [2.24, 2.45) is 23.3 Å². The largest absolute Gasteiger partial charge is 0.481 e. The Morgan fingerprint density at radius 3 is 1.27 bits per heavy atom. The fourth-order valence-electron chi connectivity index (χ4n) is 4.94. The van der Waals surface area contributed by atoms with Crippen LogP contribution in [0.3, 0.4) is 0 Å². The summed E-state index contributed by atoms with van der Waals surface area (Å²) >= 11 is 0. The lowest BCUT2D eigenvalue weighted by Gasteiger charge is -2.29. The minimum absolute atomic E-state index is 0.00919. The second-order valence-corrected chi connectivity index (χ2v) is 14.2. The van der Waals surface area contributed by atoms with E-state index in [0.717, 1.165) is 13.8 Å². The molecule has 0 unspecified atom stereocenters. The van der Waals surface area contributed by atoms with E-state index in [4.69, 9.17) is 11.5 Å². The van der Waals surface area contributed by atoms with Crippen molar-refractivity contribution in [1.82, 2.24) is 31.9 Å². The number of carbonyl (C=O) groups is 9. The molecule has 0 saturated heterocycles. The Balaban J connectivity index is 6.31. The van der Waals surface area contributed by atoms with Crippen molar-refractivity contribution in [3.63, 3.8) is 0 Å². The van der Waals surface area contributed by atoms with Gasteiger partial charge in [0, 0.05) is 6.42 Å². The van der Waals surface area contributed by atoms with Gasteiger partial charge >= 0.3 is 11.9 Å². The van der Waals surface area contributed by atoms with Crippen molar-refractivity contribution in [2.45, 2.75) is 141 Å². The van der Waals surface area contributed by atoms with E-state index in [0.29, 0.717) is 0 Å². The number of carbonyl (C=O) groups excluding carboxylic acids is 7. The molecule has 0 aromatic heterocycles. The van der Waals surface area contributed by atoms with E-state index >= 15 is 0 Å². The van der Waals surface area contributed by atoms with E-state index in [1.807, 2.05) is 0 Å². The van der Waals surface area contributed by atoms with Crippen LogP contribution in [0.25, 0.3) is 0 Å². The lowest BCUT2D eigenvalue weighted by atomic mass is 10.0. The third-order valence-electron chi connectivity index (χ3n) is 7.94. The Hall–Kier alpha value is -4.93. The number of carboxylic acids is 2. The molecule has 15 N–H and O–H groups in total. The summed E-state index contributed by atoms with van der Waals surface area (Å²) in [4.78, 5) is 114. The molecule has 0 bridgehead atoms. The molecule has 0 aliphatic heterocycles. The highest BCUT2D eigenvalue weighted by Crippen LogP contribution is 2.10. The number of amides is 7. The Kier molecular flexibility index (Phi) is 21.6. The zero-order valence-corrected chi connectivity index (χ0v) is 32.0. The summed E-state index contributed by atoms with van der Waals surface area (Å²) in [6, 6.07) is -11.3. The molecule has 22 heteroatoms. The van der Waals surface area contributed by atoms with Crippen LogP contribution in [0.5, 0.6) is 0 Å². The zero-order valence-electron chi connectivity index (χ0n) is 32.0. The first-order chi connectivity index (χ1) is 25.3. The van der Waals surface area contributed by atoms with Crippen LogP contribution in [0.15, 0.2) is 0 Å². The fourth-order valence-corrected chi connectivity index (χ4v) is 4.94. The summed E-state index contributed by atoms with van der Waals surface area (Å²) in [5, 5.41) is 62.3. The lowest BCUT2D eigenvalue weighted by molar-refractivity contribution is -0.145. The number of aliphatic hydroxyl groups is 3. The molecule has 0 radical (unpaired) electrons. The normalized spacial score (nSPS) is 16.7. The standard InChI is InChI=1S/C33H58N8O14/c1-13(2)10-19(38-31(52)24(35)15(5)42)29(50)37-21(12-23(46)47)30(51)40-25(16(6)43)32(53)39-20(11-14(3)4)28(49)36-18(8-9-22(34)45)27(48)41-26(17(7)44)33(54)55/h13-21,24-26,42-44H,8-12,35H2,1-7H3,(H2,34,45)(H,36,49)(H,37,50)(H,38,52)(H,39,53)(H,40,51)(H,41,48)(H,46,47)(H,54,55)/t15-,16-,17-,18+,19+,20+,21+,24+,25+,26+/m1/s1. The molecule has 0 aromatic carbocycles. The van der Waals surface area contributed by atoms with E-state index in [9.17, 15) is 68.7 Å². The molecular formula is C33H58N8O14. The van der Waals surface area contributed by atoms with Gasteiger partial charge in [-0.15, -0.1) is 0 Å². The first kappa shape index (κ1) is 50.1. The maximum atomic E-state index is 13.5. The molecule has 0 rings (SSSR count). The highest BCUT2D eigenvalue weighted by Gasteiger charge is 2.36. The SMILES string of the molecule is CC(C)C[C@H](NC(=O)[C@@H](N)[C@@H](C)O)C(=O)N[C@@H](CC(=O)O)C(=O)N[C@H](C(=O)N[C@@H](CC(C)C)C(=O)N[C@@H](CCC(N)=O)C(=O)N[C@H](C(=O)O)[C@@H](C)O)[C@@H](C)O. The summed E-state index contributed by atoms with van der Waals surface area (Å²) in [5.41, 5.74) is 10.9. The van der Waals surface area contributed by atoms with Gasteiger partial charge in [0.1, 0.15) is 36.3 Å². The fraction of sp³-hybridized carbons (Fsp3) is 0.727. The molecule has 0 aromatic rings. The highest BCUT2D eigenvalue weighted by molar-refractivity contribution is 5.98. The maximum Gasteiger partial charge on any atom is 0.328 e. The number of carboxylic acid groups (broad SMARTS) is 2. The first-order valence-electron chi connectivity index (χ1n) is 17.6. The van der Waals surface area contributed by atoms with E-state index in [1.54, 1.807) is 27.7 Å². The van der Waals surface area contributed by atoms with Gasteiger partial charge < -0.3 is 68.9 Å². The van der Waals surface area contributed by atoms with Crippen LogP contribution >= 0.6 is 0 Å². The predicted molar refractivity (Wildman–Crippen MR) is 192 cm³/mol. The highest BCUT2D eigenvalue weighted by atomic mass is 16.4. The van der Waals surface area contributed by atoms with Gasteiger partial charge in [-0.2, -0.15) is 0 Å². The van der Waals surface area contributed by atoms with Gasteiger partial charge in [0.2, 0.25) is 41.4 Å². The van der Waals surface area contributed by atoms with Crippen molar-refractivity contribution in [3.05, 3.63) is 0 Å². The Bertz CT molecular complexity index is 1370. The van der Waals surface area contributed by atoms with Crippen LogP contribution in [-0.4, -0.2) is 139 Å². The van der Waals surface area contributed by atoms with Crippen molar-refractivity contribution in [1.29, 1.82) is 0 Å². The molecule has 55 heavy (non-hydrogen) atoms. The van der Waals surface area contributed by atoms with Crippen LogP contribution in [0.2, 0.25) is 0 Å². The van der Waals surface area contributed by atoms with Gasteiger partial charge in [-0.3, -0.25) is 38.4 Å². The molecule has 0 aliphatic carbocycles. The quantitative estimate of drug-likeness (QED) is 0.0413. The molecule has 0 aliphatic rings. The molecule has 0 saturated carbocycles. The van der Waals surface area contributed by atoms with E-state index < -0.39 is 133 Å². The van der Waals surface area contributed by atoms with Crippen molar-refractivity contribution >= 4 is 53.3 Å². The maximum absolute atomic E-state index is 13.5. The number of nitrogens with one attached hydrogen (secondary N) is 6. The Morgan fingerprint density at radius 1 is 0.509 bits per heavy atom. The smallest absolute Gasteiger partial charge is 0.328 e. The molecule has 0 spiro atoms. The summed E-state index contributed by atoms with van der Waals surface area (Å²) < 4.78 is 0. The molecule has 314 valence electrons. The average molecular weight is 791 g/mol. The van der Waals surface area contributed by atoms with Crippen molar-refractivity contribution in [2.75, 3.05) is 0 Å². The summed E-state index contributed by atoms with van der Waals surface area (Å²) in [5.74, 6) is -10.9. The monoisotopic (exact) mass is 790 g/mol. The van der Waals surface area contributed by atoms with Crippen molar-refractivity contribution in [3.8, 4) is 0 Å². The van der Waals surface area contributed by atoms with Gasteiger partial charge in [-0.05, 0) is 51.9 Å². The third kappa shape index (κ3) is 18.8. The van der Waals surface area contributed by atoms with E-state index in [2.05, 4.69) is 31.9 Å². The van der Waals surface area contributed by atoms with Gasteiger partial charge in [0.15, 0.2) is 6.04 Å². The van der Waals surface area contributed by atoms with Gasteiger partial charge in [0.05, 0.1) is 24.7 Å². The molecule has 0 fully saturated rings. The number of nitrogens with two attached hydrogens (primary N) is 2. The summed E-state index contributed by atoms with van der Waals surface area (Å²) in [7, 11) is 0. The van der Waals surface area contributed by atoms with Gasteiger partial charge in [-0.1, -0.05) is 27.7 Å². The van der Waals surface area contributed by atoms with E-state index in [1.165, 1.54) is 6.92 Å². The minimum Gasteiger partial charge on any atom is -0.481 e. The number of hydrogen-bond donors (Lipinski definition) is 13. The summed E-state index contributed by atoms with van der Waals surface area (Å²) in [6.45, 7) is 10.2. The zero-order chi connectivity index (χ0) is 42.9. The second kappa shape index (κ2) is 23.8. The average Bonchev–Trinajstić information content (AvgIpc) is 3.04. The van der Waals surface area contributed by atoms with Crippen LogP contribution in [0, 0.1) is 11.8 Å². The van der Waals surface area contributed by atoms with Crippen LogP contribution in [0.4, 0.5) is 0 Å². The lowest BCUT2D eigenvalue weighted by Crippen LogP contribution is -2.62. The number of aliphatic carboxylic acids is 2. The van der Waals surface area contributed by atoms with Crippen LogP contribution < -0.4 is 43.4 Å². The third-order valence-corrected chi connectivity index (χ3v) is 7.94. The Labute approximate surface area is 318 Å². The van der Waals surface area contributed by atoms with Crippen molar-refractivity contribution < 1.29 is 68.7 Å². The topological polar surface area (TPSA) is 379 Å². The Morgan fingerprint density at radius 2 is 0.891 bits per heavy atom.